The summed E-state index contributed by atoms with van der Waals surface area (Å²) in [6, 6.07) is -0.335. The van der Waals surface area contributed by atoms with Crippen LogP contribution in [-0.2, 0) is 9.59 Å². The molecule has 128 valence electrons. The van der Waals surface area contributed by atoms with Crippen molar-refractivity contribution in [2.45, 2.75) is 52.6 Å². The summed E-state index contributed by atoms with van der Waals surface area (Å²) >= 11 is 1.65. The average molecular weight is 330 g/mol. The lowest BCUT2D eigenvalue weighted by Crippen LogP contribution is -2.53. The van der Waals surface area contributed by atoms with Gasteiger partial charge in [0.2, 0.25) is 11.8 Å². The van der Waals surface area contributed by atoms with E-state index < -0.39 is 0 Å². The van der Waals surface area contributed by atoms with Crippen molar-refractivity contribution >= 4 is 23.6 Å². The summed E-state index contributed by atoms with van der Waals surface area (Å²) < 4.78 is 0. The van der Waals surface area contributed by atoms with Crippen molar-refractivity contribution < 1.29 is 9.59 Å². The third-order valence-electron chi connectivity index (χ3n) is 4.09. The highest BCUT2D eigenvalue weighted by molar-refractivity contribution is 7.99. The first-order chi connectivity index (χ1) is 9.94. The van der Waals surface area contributed by atoms with Gasteiger partial charge in [-0.2, -0.15) is 0 Å². The normalized spacial score (nSPS) is 19.6. The molecule has 0 radical (unpaired) electrons. The van der Waals surface area contributed by atoms with Crippen LogP contribution < -0.4 is 5.32 Å². The van der Waals surface area contributed by atoms with E-state index in [1.165, 1.54) is 0 Å². The molecule has 0 unspecified atom stereocenters. The minimum absolute atomic E-state index is 0.0396. The number of rotatable bonds is 5. The molecule has 0 saturated carbocycles. The molecule has 2 amide bonds. The lowest BCUT2D eigenvalue weighted by atomic mass is 9.91. The molecule has 0 aromatic carbocycles. The molecule has 0 aliphatic carbocycles. The smallest absolute Gasteiger partial charge is 0.243 e. The van der Waals surface area contributed by atoms with Crippen LogP contribution in [0.5, 0.6) is 0 Å². The summed E-state index contributed by atoms with van der Waals surface area (Å²) in [6.07, 6.45) is 0.473. The summed E-state index contributed by atoms with van der Waals surface area (Å²) in [4.78, 5) is 28.7. The van der Waals surface area contributed by atoms with E-state index in [-0.39, 0.29) is 28.8 Å². The summed E-state index contributed by atoms with van der Waals surface area (Å²) in [5.74, 6) is 1.33. The molecule has 0 aromatic heterocycles. The molecule has 1 aliphatic rings. The maximum atomic E-state index is 12.5. The van der Waals surface area contributed by atoms with Crippen LogP contribution in [0, 0.1) is 5.41 Å². The van der Waals surface area contributed by atoms with Crippen molar-refractivity contribution in [3.63, 3.8) is 0 Å². The molecule has 1 heterocycles. The van der Waals surface area contributed by atoms with Crippen molar-refractivity contribution in [2.75, 3.05) is 32.3 Å². The predicted octanol–water partition coefficient (Wildman–Crippen LogP) is 1.78. The second-order valence-corrected chi connectivity index (χ2v) is 9.04. The topological polar surface area (TPSA) is 52.7 Å². The molecule has 6 heteroatoms. The number of thioether (sulfide) groups is 1. The maximum Gasteiger partial charge on any atom is 0.243 e. The summed E-state index contributed by atoms with van der Waals surface area (Å²) in [5.41, 5.74) is -0.167. The van der Waals surface area contributed by atoms with Gasteiger partial charge in [-0.25, -0.2) is 0 Å². The fourth-order valence-electron chi connectivity index (χ4n) is 2.04. The SMILES string of the molecule is CN(C)C(C)(C)CNC(=O)[C@@H]1CSCN1C(=O)CC(C)(C)C. The summed E-state index contributed by atoms with van der Waals surface area (Å²) in [5, 5.41) is 3.01. The van der Waals surface area contributed by atoms with Crippen LogP contribution in [0.3, 0.4) is 0 Å². The molecule has 22 heavy (non-hydrogen) atoms. The number of carbonyl (C=O) groups excluding carboxylic acids is 2. The molecule has 1 saturated heterocycles. The van der Waals surface area contributed by atoms with Gasteiger partial charge in [-0.05, 0) is 33.4 Å². The van der Waals surface area contributed by atoms with Gasteiger partial charge in [0.15, 0.2) is 0 Å². The van der Waals surface area contributed by atoms with Gasteiger partial charge >= 0.3 is 0 Å². The van der Waals surface area contributed by atoms with E-state index in [0.29, 0.717) is 24.6 Å². The number of carbonyl (C=O) groups is 2. The van der Waals surface area contributed by atoms with E-state index in [0.717, 1.165) is 0 Å². The van der Waals surface area contributed by atoms with Crippen molar-refractivity contribution in [2.24, 2.45) is 5.41 Å². The summed E-state index contributed by atoms with van der Waals surface area (Å²) in [7, 11) is 3.99. The third-order valence-corrected chi connectivity index (χ3v) is 5.10. The molecular weight excluding hydrogens is 298 g/mol. The molecule has 1 aliphatic heterocycles. The first-order valence-electron chi connectivity index (χ1n) is 7.76. The van der Waals surface area contributed by atoms with Crippen molar-refractivity contribution in [1.29, 1.82) is 0 Å². The summed E-state index contributed by atoms with van der Waals surface area (Å²) in [6.45, 7) is 10.9. The predicted molar refractivity (Wildman–Crippen MR) is 92.8 cm³/mol. The Kier molecular flexibility index (Phi) is 6.33. The molecule has 0 aromatic rings. The standard InChI is InChI=1S/C16H31N3O2S/c1-15(2,3)8-13(20)19-11-22-9-12(19)14(21)17-10-16(4,5)18(6)7/h12H,8-11H2,1-7H3,(H,17,21)/t12-/m0/s1. The zero-order valence-corrected chi connectivity index (χ0v) is 15.8. The van der Waals surface area contributed by atoms with Gasteiger partial charge in [-0.3, -0.25) is 9.59 Å². The fraction of sp³-hybridized carbons (Fsp3) is 0.875. The Morgan fingerprint density at radius 1 is 1.23 bits per heavy atom. The van der Waals surface area contributed by atoms with E-state index in [1.54, 1.807) is 16.7 Å². The van der Waals surface area contributed by atoms with Crippen molar-refractivity contribution in [1.82, 2.24) is 15.1 Å². The highest BCUT2D eigenvalue weighted by Gasteiger charge is 2.36. The van der Waals surface area contributed by atoms with Gasteiger partial charge < -0.3 is 15.1 Å². The number of likely N-dealkylation sites (N-methyl/N-ethyl adjacent to an activating group) is 1. The zero-order valence-electron chi connectivity index (χ0n) is 15.0. The van der Waals surface area contributed by atoms with Gasteiger partial charge in [0, 0.05) is 24.3 Å². The van der Waals surface area contributed by atoms with Crippen LogP contribution in [-0.4, -0.2) is 65.5 Å². The number of hydrogen-bond donors (Lipinski definition) is 1. The van der Waals surface area contributed by atoms with E-state index in [4.69, 9.17) is 0 Å². The highest BCUT2D eigenvalue weighted by atomic mass is 32.2. The van der Waals surface area contributed by atoms with Gasteiger partial charge in [0.25, 0.3) is 0 Å². The molecule has 1 fully saturated rings. The first-order valence-corrected chi connectivity index (χ1v) is 8.92. The lowest BCUT2D eigenvalue weighted by molar-refractivity contribution is -0.139. The molecule has 0 bridgehead atoms. The monoisotopic (exact) mass is 329 g/mol. The Labute approximate surface area is 139 Å². The van der Waals surface area contributed by atoms with Crippen LogP contribution >= 0.6 is 11.8 Å². The molecule has 5 nitrogen and oxygen atoms in total. The van der Waals surface area contributed by atoms with Gasteiger partial charge in [-0.1, -0.05) is 20.8 Å². The average Bonchev–Trinajstić information content (AvgIpc) is 2.83. The lowest BCUT2D eigenvalue weighted by Gasteiger charge is -2.33. The third kappa shape index (κ3) is 5.47. The fourth-order valence-corrected chi connectivity index (χ4v) is 3.22. The number of amides is 2. The Bertz CT molecular complexity index is 416. The molecule has 1 atom stereocenters. The van der Waals surface area contributed by atoms with E-state index in [1.807, 2.05) is 34.9 Å². The van der Waals surface area contributed by atoms with Gasteiger partial charge in [-0.15, -0.1) is 11.8 Å². The van der Waals surface area contributed by atoms with Crippen LogP contribution in [0.2, 0.25) is 0 Å². The number of nitrogens with one attached hydrogen (secondary N) is 1. The highest BCUT2D eigenvalue weighted by Crippen LogP contribution is 2.26. The van der Waals surface area contributed by atoms with Crippen molar-refractivity contribution in [3.8, 4) is 0 Å². The Morgan fingerprint density at radius 2 is 1.82 bits per heavy atom. The second-order valence-electron chi connectivity index (χ2n) is 8.04. The Hall–Kier alpha value is -0.750. The molecule has 1 rings (SSSR count). The molecular formula is C16H31N3O2S. The Morgan fingerprint density at radius 3 is 2.32 bits per heavy atom. The Balaban J connectivity index is 2.63. The number of nitrogens with zero attached hydrogens (tertiary/aromatic N) is 2. The molecule has 1 N–H and O–H groups in total. The van der Waals surface area contributed by atoms with Gasteiger partial charge in [0.1, 0.15) is 6.04 Å². The van der Waals surface area contributed by atoms with Crippen LogP contribution in [0.4, 0.5) is 0 Å². The van der Waals surface area contributed by atoms with Crippen molar-refractivity contribution in [3.05, 3.63) is 0 Å². The van der Waals surface area contributed by atoms with Gasteiger partial charge in [0.05, 0.1) is 5.88 Å². The quantitative estimate of drug-likeness (QED) is 0.835. The zero-order chi connectivity index (χ0) is 17.1. The second kappa shape index (κ2) is 7.21. The van der Waals surface area contributed by atoms with E-state index in [9.17, 15) is 9.59 Å². The van der Waals surface area contributed by atoms with Crippen LogP contribution in [0.15, 0.2) is 0 Å². The van der Waals surface area contributed by atoms with Crippen LogP contribution in [0.25, 0.3) is 0 Å². The number of hydrogen-bond acceptors (Lipinski definition) is 4. The van der Waals surface area contributed by atoms with E-state index in [2.05, 4.69) is 24.1 Å². The van der Waals surface area contributed by atoms with E-state index >= 15 is 0 Å². The van der Waals surface area contributed by atoms with Crippen LogP contribution in [0.1, 0.15) is 41.0 Å². The molecule has 0 spiro atoms. The minimum atomic E-state index is -0.335. The maximum absolute atomic E-state index is 12.5. The minimum Gasteiger partial charge on any atom is -0.352 e. The first kappa shape index (κ1) is 19.3. The largest absolute Gasteiger partial charge is 0.352 e.